The Bertz CT molecular complexity index is 325. The number of hydrogen-bond acceptors (Lipinski definition) is 4. The number of nitrogens with two attached hydrogens (primary N) is 1. The zero-order valence-corrected chi connectivity index (χ0v) is 10.8. The molecular formula is C12H21N3S. The van der Waals surface area contributed by atoms with E-state index in [2.05, 4.69) is 17.2 Å². The van der Waals surface area contributed by atoms with E-state index in [4.69, 9.17) is 5.73 Å². The SMILES string of the molecule is Cc1ncsc1CNCCC1(CN)CCC1. The zero-order chi connectivity index (χ0) is 11.4. The van der Waals surface area contributed by atoms with Crippen molar-refractivity contribution >= 4 is 11.3 Å². The molecule has 0 spiro atoms. The predicted molar refractivity (Wildman–Crippen MR) is 68.5 cm³/mol. The van der Waals surface area contributed by atoms with Crippen LogP contribution in [0.25, 0.3) is 0 Å². The standard InChI is InChI=1S/C12H21N3S/c1-10-11(16-9-15-10)7-14-6-5-12(8-13)3-2-4-12/h9,14H,2-8,13H2,1H3. The van der Waals surface area contributed by atoms with Gasteiger partial charge in [-0.3, -0.25) is 0 Å². The van der Waals surface area contributed by atoms with Crippen molar-refractivity contribution < 1.29 is 0 Å². The molecule has 0 aliphatic heterocycles. The maximum absolute atomic E-state index is 5.83. The molecule has 0 saturated heterocycles. The van der Waals surface area contributed by atoms with Gasteiger partial charge in [0, 0.05) is 11.4 Å². The first-order chi connectivity index (χ1) is 7.76. The lowest BCUT2D eigenvalue weighted by atomic mass is 9.67. The molecule has 1 saturated carbocycles. The third-order valence-corrected chi connectivity index (χ3v) is 4.74. The quantitative estimate of drug-likeness (QED) is 0.747. The van der Waals surface area contributed by atoms with Crippen LogP contribution in [0.3, 0.4) is 0 Å². The molecule has 1 heterocycles. The molecule has 1 aliphatic carbocycles. The van der Waals surface area contributed by atoms with Gasteiger partial charge in [0.05, 0.1) is 11.2 Å². The highest BCUT2D eigenvalue weighted by atomic mass is 32.1. The van der Waals surface area contributed by atoms with Crippen molar-refractivity contribution in [2.24, 2.45) is 11.1 Å². The first kappa shape index (κ1) is 12.0. The van der Waals surface area contributed by atoms with Crippen molar-refractivity contribution in [1.82, 2.24) is 10.3 Å². The Morgan fingerprint density at radius 1 is 1.56 bits per heavy atom. The fourth-order valence-electron chi connectivity index (χ4n) is 2.28. The van der Waals surface area contributed by atoms with Crippen molar-refractivity contribution in [2.75, 3.05) is 13.1 Å². The van der Waals surface area contributed by atoms with Gasteiger partial charge in [-0.2, -0.15) is 0 Å². The van der Waals surface area contributed by atoms with Crippen LogP contribution >= 0.6 is 11.3 Å². The van der Waals surface area contributed by atoms with Crippen molar-refractivity contribution in [3.63, 3.8) is 0 Å². The van der Waals surface area contributed by atoms with Gasteiger partial charge in [0.1, 0.15) is 0 Å². The highest BCUT2D eigenvalue weighted by Crippen LogP contribution is 2.42. The number of thiazole rings is 1. The highest BCUT2D eigenvalue weighted by molar-refractivity contribution is 7.09. The number of nitrogens with one attached hydrogen (secondary N) is 1. The summed E-state index contributed by atoms with van der Waals surface area (Å²) < 4.78 is 0. The van der Waals surface area contributed by atoms with Crippen LogP contribution in [0.15, 0.2) is 5.51 Å². The van der Waals surface area contributed by atoms with Crippen molar-refractivity contribution in [3.8, 4) is 0 Å². The lowest BCUT2D eigenvalue weighted by Gasteiger charge is -2.41. The average molecular weight is 239 g/mol. The number of hydrogen-bond donors (Lipinski definition) is 2. The van der Waals surface area contributed by atoms with E-state index < -0.39 is 0 Å². The topological polar surface area (TPSA) is 50.9 Å². The summed E-state index contributed by atoms with van der Waals surface area (Å²) >= 11 is 1.73. The van der Waals surface area contributed by atoms with Crippen LogP contribution in [0.4, 0.5) is 0 Å². The van der Waals surface area contributed by atoms with Crippen LogP contribution < -0.4 is 11.1 Å². The maximum Gasteiger partial charge on any atom is 0.0798 e. The second kappa shape index (κ2) is 5.25. The molecule has 0 radical (unpaired) electrons. The summed E-state index contributed by atoms with van der Waals surface area (Å²) in [5.41, 5.74) is 9.38. The zero-order valence-electron chi connectivity index (χ0n) is 9.96. The molecule has 0 bridgehead atoms. The second-order valence-corrected chi connectivity index (χ2v) is 5.78. The number of rotatable bonds is 6. The number of nitrogens with zero attached hydrogens (tertiary/aromatic N) is 1. The molecular weight excluding hydrogens is 218 g/mol. The molecule has 3 nitrogen and oxygen atoms in total. The molecule has 1 fully saturated rings. The first-order valence-corrected chi connectivity index (χ1v) is 6.93. The number of aryl methyl sites for hydroxylation is 1. The van der Waals surface area contributed by atoms with E-state index >= 15 is 0 Å². The van der Waals surface area contributed by atoms with Gasteiger partial charge in [0.25, 0.3) is 0 Å². The fourth-order valence-corrected chi connectivity index (χ4v) is 3.03. The van der Waals surface area contributed by atoms with E-state index in [-0.39, 0.29) is 0 Å². The molecule has 2 rings (SSSR count). The van der Waals surface area contributed by atoms with Gasteiger partial charge in [-0.25, -0.2) is 4.98 Å². The van der Waals surface area contributed by atoms with Gasteiger partial charge >= 0.3 is 0 Å². The minimum atomic E-state index is 0.468. The molecule has 1 aromatic heterocycles. The van der Waals surface area contributed by atoms with Crippen molar-refractivity contribution in [2.45, 2.75) is 39.2 Å². The molecule has 4 heteroatoms. The Balaban J connectivity index is 1.67. The van der Waals surface area contributed by atoms with Gasteiger partial charge in [-0.15, -0.1) is 11.3 Å². The lowest BCUT2D eigenvalue weighted by Crippen LogP contribution is -2.39. The van der Waals surface area contributed by atoms with Gasteiger partial charge in [0.15, 0.2) is 0 Å². The molecule has 16 heavy (non-hydrogen) atoms. The summed E-state index contributed by atoms with van der Waals surface area (Å²) in [4.78, 5) is 5.60. The largest absolute Gasteiger partial charge is 0.330 e. The smallest absolute Gasteiger partial charge is 0.0798 e. The molecule has 0 aromatic carbocycles. The summed E-state index contributed by atoms with van der Waals surface area (Å²) in [5.74, 6) is 0. The van der Waals surface area contributed by atoms with Gasteiger partial charge in [0.2, 0.25) is 0 Å². The van der Waals surface area contributed by atoms with E-state index in [0.29, 0.717) is 5.41 Å². The van der Waals surface area contributed by atoms with Crippen LogP contribution in [0, 0.1) is 12.3 Å². The summed E-state index contributed by atoms with van der Waals surface area (Å²) in [6.07, 6.45) is 5.24. The lowest BCUT2D eigenvalue weighted by molar-refractivity contribution is 0.130. The van der Waals surface area contributed by atoms with Crippen LogP contribution in [0.1, 0.15) is 36.3 Å². The van der Waals surface area contributed by atoms with E-state index in [9.17, 15) is 0 Å². The minimum Gasteiger partial charge on any atom is -0.330 e. The van der Waals surface area contributed by atoms with E-state index in [1.807, 2.05) is 5.51 Å². The summed E-state index contributed by atoms with van der Waals surface area (Å²) in [6.45, 7) is 4.96. The third-order valence-electron chi connectivity index (χ3n) is 3.81. The molecule has 0 atom stereocenters. The molecule has 0 unspecified atom stereocenters. The Labute approximate surface area is 101 Å². The van der Waals surface area contributed by atoms with Crippen molar-refractivity contribution in [1.29, 1.82) is 0 Å². The molecule has 90 valence electrons. The van der Waals surface area contributed by atoms with E-state index in [1.54, 1.807) is 11.3 Å². The summed E-state index contributed by atoms with van der Waals surface area (Å²) in [5, 5.41) is 3.50. The molecule has 0 amide bonds. The van der Waals surface area contributed by atoms with Crippen LogP contribution in [-0.4, -0.2) is 18.1 Å². The van der Waals surface area contributed by atoms with E-state index in [1.165, 1.54) is 30.6 Å². The third kappa shape index (κ3) is 2.62. The molecule has 3 N–H and O–H groups in total. The highest BCUT2D eigenvalue weighted by Gasteiger charge is 2.34. The second-order valence-electron chi connectivity index (χ2n) is 4.85. The molecule has 1 aromatic rings. The Kier molecular flexibility index (Phi) is 3.95. The Morgan fingerprint density at radius 3 is 2.88 bits per heavy atom. The van der Waals surface area contributed by atoms with Gasteiger partial charge < -0.3 is 11.1 Å². The maximum atomic E-state index is 5.83. The summed E-state index contributed by atoms with van der Waals surface area (Å²) in [6, 6.07) is 0. The van der Waals surface area contributed by atoms with Crippen LogP contribution in [-0.2, 0) is 6.54 Å². The van der Waals surface area contributed by atoms with Gasteiger partial charge in [-0.05, 0) is 44.7 Å². The minimum absolute atomic E-state index is 0.468. The monoisotopic (exact) mass is 239 g/mol. The van der Waals surface area contributed by atoms with Crippen molar-refractivity contribution in [3.05, 3.63) is 16.1 Å². The van der Waals surface area contributed by atoms with Gasteiger partial charge in [-0.1, -0.05) is 6.42 Å². The predicted octanol–water partition coefficient (Wildman–Crippen LogP) is 2.06. The summed E-state index contributed by atoms with van der Waals surface area (Å²) in [7, 11) is 0. The Hall–Kier alpha value is -0.450. The first-order valence-electron chi connectivity index (χ1n) is 6.05. The molecule has 1 aliphatic rings. The average Bonchev–Trinajstić information content (AvgIpc) is 2.62. The number of aromatic nitrogens is 1. The van der Waals surface area contributed by atoms with Crippen LogP contribution in [0.2, 0.25) is 0 Å². The fraction of sp³-hybridized carbons (Fsp3) is 0.750. The van der Waals surface area contributed by atoms with E-state index in [0.717, 1.165) is 25.3 Å². The Morgan fingerprint density at radius 2 is 2.38 bits per heavy atom. The normalized spacial score (nSPS) is 18.4. The van der Waals surface area contributed by atoms with Crippen LogP contribution in [0.5, 0.6) is 0 Å².